The van der Waals surface area contributed by atoms with Crippen molar-refractivity contribution in [2.75, 3.05) is 6.54 Å². The fourth-order valence-electron chi connectivity index (χ4n) is 1.51. The van der Waals surface area contributed by atoms with E-state index in [1.807, 2.05) is 19.1 Å². The molecule has 1 aliphatic carbocycles. The molecule has 0 atom stereocenters. The molecule has 0 aromatic carbocycles. The van der Waals surface area contributed by atoms with Crippen molar-refractivity contribution in [3.05, 3.63) is 29.6 Å². The second kappa shape index (κ2) is 3.62. The number of hydrogen-bond acceptors (Lipinski definition) is 3. The van der Waals surface area contributed by atoms with Crippen molar-refractivity contribution in [3.8, 4) is 0 Å². The molecule has 0 radical (unpaired) electrons. The van der Waals surface area contributed by atoms with Crippen molar-refractivity contribution < 1.29 is 4.79 Å². The summed E-state index contributed by atoms with van der Waals surface area (Å²) in [4.78, 5) is 15.9. The fourth-order valence-corrected chi connectivity index (χ4v) is 1.51. The van der Waals surface area contributed by atoms with Gasteiger partial charge in [-0.3, -0.25) is 4.79 Å². The average molecular weight is 205 g/mol. The molecule has 1 fully saturated rings. The standard InChI is InChI=1S/C11H15N3O/c1-8-3-2-4-9(13-8)10(15)14-11(7-12)5-6-11/h2-4H,5-7,12H2,1H3,(H,14,15). The van der Waals surface area contributed by atoms with Gasteiger partial charge in [0.05, 0.1) is 5.54 Å². The molecule has 0 bridgehead atoms. The lowest BCUT2D eigenvalue weighted by molar-refractivity contribution is 0.0928. The quantitative estimate of drug-likeness (QED) is 0.759. The third-order valence-electron chi connectivity index (χ3n) is 2.74. The van der Waals surface area contributed by atoms with Gasteiger partial charge in [0, 0.05) is 12.2 Å². The molecule has 0 saturated heterocycles. The molecule has 1 aliphatic rings. The molecule has 1 aromatic heterocycles. The van der Waals surface area contributed by atoms with Gasteiger partial charge in [-0.2, -0.15) is 0 Å². The Labute approximate surface area is 88.9 Å². The summed E-state index contributed by atoms with van der Waals surface area (Å²) in [6.45, 7) is 2.37. The molecule has 2 rings (SSSR count). The van der Waals surface area contributed by atoms with Gasteiger partial charge >= 0.3 is 0 Å². The first-order valence-electron chi connectivity index (χ1n) is 5.11. The number of nitrogens with zero attached hydrogens (tertiary/aromatic N) is 1. The van der Waals surface area contributed by atoms with Crippen LogP contribution in [0, 0.1) is 6.92 Å². The van der Waals surface area contributed by atoms with Gasteiger partial charge in [-0.05, 0) is 31.9 Å². The molecule has 0 unspecified atom stereocenters. The van der Waals surface area contributed by atoms with Crippen molar-refractivity contribution >= 4 is 5.91 Å². The predicted molar refractivity (Wildman–Crippen MR) is 57.5 cm³/mol. The summed E-state index contributed by atoms with van der Waals surface area (Å²) in [5.41, 5.74) is 6.75. The smallest absolute Gasteiger partial charge is 0.270 e. The van der Waals surface area contributed by atoms with Crippen molar-refractivity contribution in [1.82, 2.24) is 10.3 Å². The Bertz CT molecular complexity index is 385. The van der Waals surface area contributed by atoms with Crippen LogP contribution >= 0.6 is 0 Å². The Morgan fingerprint density at radius 1 is 1.60 bits per heavy atom. The molecule has 1 aromatic rings. The van der Waals surface area contributed by atoms with Crippen LogP contribution in [0.3, 0.4) is 0 Å². The van der Waals surface area contributed by atoms with Crippen LogP contribution in [-0.2, 0) is 0 Å². The molecule has 0 aliphatic heterocycles. The number of carbonyl (C=O) groups is 1. The molecule has 0 spiro atoms. The maximum absolute atomic E-state index is 11.8. The molecule has 4 nitrogen and oxygen atoms in total. The van der Waals surface area contributed by atoms with E-state index in [2.05, 4.69) is 10.3 Å². The maximum Gasteiger partial charge on any atom is 0.270 e. The van der Waals surface area contributed by atoms with E-state index in [9.17, 15) is 4.79 Å². The zero-order valence-electron chi connectivity index (χ0n) is 8.79. The minimum absolute atomic E-state index is 0.123. The molecule has 80 valence electrons. The Balaban J connectivity index is 2.08. The monoisotopic (exact) mass is 205 g/mol. The Kier molecular flexibility index (Phi) is 2.44. The summed E-state index contributed by atoms with van der Waals surface area (Å²) < 4.78 is 0. The van der Waals surface area contributed by atoms with Gasteiger partial charge in [0.25, 0.3) is 5.91 Å². The highest BCUT2D eigenvalue weighted by Gasteiger charge is 2.42. The number of hydrogen-bond donors (Lipinski definition) is 2. The van der Waals surface area contributed by atoms with Crippen LogP contribution in [0.15, 0.2) is 18.2 Å². The Morgan fingerprint density at radius 3 is 2.87 bits per heavy atom. The summed E-state index contributed by atoms with van der Waals surface area (Å²) in [5, 5.41) is 2.93. The van der Waals surface area contributed by atoms with Gasteiger partial charge in [0.1, 0.15) is 5.69 Å². The molecular weight excluding hydrogens is 190 g/mol. The molecular formula is C11H15N3O. The van der Waals surface area contributed by atoms with Crippen molar-refractivity contribution in [1.29, 1.82) is 0 Å². The van der Waals surface area contributed by atoms with Crippen molar-refractivity contribution in [3.63, 3.8) is 0 Å². The minimum atomic E-state index is -0.150. The highest BCUT2D eigenvalue weighted by Crippen LogP contribution is 2.34. The largest absolute Gasteiger partial charge is 0.344 e. The number of nitrogens with two attached hydrogens (primary N) is 1. The summed E-state index contributed by atoms with van der Waals surface area (Å²) in [7, 11) is 0. The first-order valence-corrected chi connectivity index (χ1v) is 5.11. The van der Waals surface area contributed by atoms with Gasteiger partial charge < -0.3 is 11.1 Å². The predicted octanol–water partition coefficient (Wildman–Crippen LogP) is 0.611. The van der Waals surface area contributed by atoms with Crippen LogP contribution in [0.4, 0.5) is 0 Å². The number of aromatic nitrogens is 1. The van der Waals surface area contributed by atoms with Crippen LogP contribution < -0.4 is 11.1 Å². The minimum Gasteiger partial charge on any atom is -0.344 e. The molecule has 1 saturated carbocycles. The SMILES string of the molecule is Cc1cccc(C(=O)NC2(CN)CC2)n1. The van der Waals surface area contributed by atoms with E-state index >= 15 is 0 Å². The summed E-state index contributed by atoms with van der Waals surface area (Å²) >= 11 is 0. The molecule has 1 heterocycles. The van der Waals surface area contributed by atoms with Gasteiger partial charge in [-0.15, -0.1) is 0 Å². The number of pyridine rings is 1. The normalized spacial score (nSPS) is 17.2. The number of amides is 1. The van der Waals surface area contributed by atoms with E-state index in [4.69, 9.17) is 5.73 Å². The highest BCUT2D eigenvalue weighted by molar-refractivity contribution is 5.93. The number of rotatable bonds is 3. The van der Waals surface area contributed by atoms with E-state index in [0.717, 1.165) is 18.5 Å². The van der Waals surface area contributed by atoms with Crippen LogP contribution in [-0.4, -0.2) is 23.0 Å². The zero-order chi connectivity index (χ0) is 10.9. The van der Waals surface area contributed by atoms with Crippen molar-refractivity contribution in [2.45, 2.75) is 25.3 Å². The molecule has 4 heteroatoms. The van der Waals surface area contributed by atoms with E-state index in [-0.39, 0.29) is 11.4 Å². The second-order valence-corrected chi connectivity index (χ2v) is 4.10. The zero-order valence-corrected chi connectivity index (χ0v) is 8.79. The molecule has 15 heavy (non-hydrogen) atoms. The highest BCUT2D eigenvalue weighted by atomic mass is 16.2. The molecule has 3 N–H and O–H groups in total. The maximum atomic E-state index is 11.8. The van der Waals surface area contributed by atoms with E-state index in [1.165, 1.54) is 0 Å². The third kappa shape index (κ3) is 2.15. The number of carbonyl (C=O) groups excluding carboxylic acids is 1. The van der Waals surface area contributed by atoms with E-state index in [1.54, 1.807) is 6.07 Å². The van der Waals surface area contributed by atoms with E-state index < -0.39 is 0 Å². The van der Waals surface area contributed by atoms with Gasteiger partial charge in [0.15, 0.2) is 0 Å². The topological polar surface area (TPSA) is 68.0 Å². The lowest BCUT2D eigenvalue weighted by atomic mass is 10.2. The first kappa shape index (κ1) is 10.1. The van der Waals surface area contributed by atoms with Crippen LogP contribution in [0.2, 0.25) is 0 Å². The average Bonchev–Trinajstić information content (AvgIpc) is 2.98. The first-order chi connectivity index (χ1) is 7.15. The van der Waals surface area contributed by atoms with Crippen LogP contribution in [0.5, 0.6) is 0 Å². The number of aryl methyl sites for hydroxylation is 1. The van der Waals surface area contributed by atoms with Gasteiger partial charge in [0.2, 0.25) is 0 Å². The summed E-state index contributed by atoms with van der Waals surface area (Å²) in [5.74, 6) is -0.123. The van der Waals surface area contributed by atoms with Gasteiger partial charge in [-0.25, -0.2) is 4.98 Å². The molecule has 1 amide bonds. The Morgan fingerprint density at radius 2 is 2.33 bits per heavy atom. The lowest BCUT2D eigenvalue weighted by Crippen LogP contribution is -2.42. The third-order valence-corrected chi connectivity index (χ3v) is 2.74. The lowest BCUT2D eigenvalue weighted by Gasteiger charge is -2.14. The van der Waals surface area contributed by atoms with E-state index in [0.29, 0.717) is 12.2 Å². The summed E-state index contributed by atoms with van der Waals surface area (Å²) in [6.07, 6.45) is 1.95. The second-order valence-electron chi connectivity index (χ2n) is 4.10. The van der Waals surface area contributed by atoms with Gasteiger partial charge in [-0.1, -0.05) is 6.07 Å². The summed E-state index contributed by atoms with van der Waals surface area (Å²) in [6, 6.07) is 5.42. The van der Waals surface area contributed by atoms with Crippen LogP contribution in [0.25, 0.3) is 0 Å². The number of nitrogens with one attached hydrogen (secondary N) is 1. The Hall–Kier alpha value is -1.42. The van der Waals surface area contributed by atoms with Crippen LogP contribution in [0.1, 0.15) is 29.0 Å². The van der Waals surface area contributed by atoms with Crippen molar-refractivity contribution in [2.24, 2.45) is 5.73 Å². The fraction of sp³-hybridized carbons (Fsp3) is 0.455.